The van der Waals surface area contributed by atoms with E-state index in [1.165, 1.54) is 6.08 Å². The monoisotopic (exact) mass is 439 g/mol. The van der Waals surface area contributed by atoms with Crippen LogP contribution in [-0.4, -0.2) is 39.4 Å². The van der Waals surface area contributed by atoms with Crippen molar-refractivity contribution in [3.05, 3.63) is 89.1 Å². The minimum Gasteiger partial charge on any atom is -0.497 e. The molecule has 0 bridgehead atoms. The largest absolute Gasteiger partial charge is 0.497 e. The normalized spacial score (nSPS) is 19.6. The van der Waals surface area contributed by atoms with E-state index in [0.717, 1.165) is 22.3 Å². The Balaban J connectivity index is 1.75. The smallest absolute Gasteiger partial charge is 0.259 e. The molecule has 7 heteroatoms. The summed E-state index contributed by atoms with van der Waals surface area (Å²) >= 11 is -1.92. The standard InChI is InChI=1S/C24H22FNO4S/c1-30-21-11-9-18(10-12-21)23-22(17-7-5-16(6-8-17)15-31(28)29)14-26(24(23)27)20-4-2-3-19(25)13-20/h2-12,19H,13-15H2,1H3,(H,28,29). The molecule has 2 aliphatic rings. The first-order chi connectivity index (χ1) is 15.0. The second-order valence-electron chi connectivity index (χ2n) is 7.40. The number of benzene rings is 2. The van der Waals surface area contributed by atoms with Gasteiger partial charge in [0.25, 0.3) is 5.91 Å². The van der Waals surface area contributed by atoms with E-state index in [0.29, 0.717) is 23.6 Å². The Kier molecular flexibility index (Phi) is 6.15. The Morgan fingerprint density at radius 3 is 2.42 bits per heavy atom. The van der Waals surface area contributed by atoms with Gasteiger partial charge in [0.1, 0.15) is 11.9 Å². The lowest BCUT2D eigenvalue weighted by Gasteiger charge is -2.23. The van der Waals surface area contributed by atoms with Crippen LogP contribution in [0.2, 0.25) is 0 Å². The van der Waals surface area contributed by atoms with E-state index < -0.39 is 17.3 Å². The number of carbonyl (C=O) groups is 1. The van der Waals surface area contributed by atoms with Gasteiger partial charge in [0.15, 0.2) is 11.1 Å². The van der Waals surface area contributed by atoms with Gasteiger partial charge in [0.05, 0.1) is 25.0 Å². The maximum absolute atomic E-state index is 13.9. The van der Waals surface area contributed by atoms with Crippen molar-refractivity contribution >= 4 is 28.1 Å². The number of nitrogens with zero attached hydrogens (tertiary/aromatic N) is 1. The van der Waals surface area contributed by atoms with Gasteiger partial charge >= 0.3 is 0 Å². The van der Waals surface area contributed by atoms with E-state index in [-0.39, 0.29) is 18.1 Å². The number of carbonyl (C=O) groups excluding carboxylic acids is 1. The summed E-state index contributed by atoms with van der Waals surface area (Å²) in [6.07, 6.45) is 3.95. The summed E-state index contributed by atoms with van der Waals surface area (Å²) in [4.78, 5) is 15.1. The Bertz CT molecular complexity index is 1100. The SMILES string of the molecule is COc1ccc(C2=C(c3ccc(CS(=O)O)cc3)CN(C3=CC=CC(F)C3)C2=O)cc1. The third-order valence-electron chi connectivity index (χ3n) is 5.41. The third kappa shape index (κ3) is 4.52. The van der Waals surface area contributed by atoms with Crippen molar-refractivity contribution in [2.45, 2.75) is 18.3 Å². The van der Waals surface area contributed by atoms with E-state index >= 15 is 0 Å². The molecule has 31 heavy (non-hydrogen) atoms. The summed E-state index contributed by atoms with van der Waals surface area (Å²) in [6, 6.07) is 14.6. The second-order valence-corrected chi connectivity index (χ2v) is 8.33. The topological polar surface area (TPSA) is 66.8 Å². The summed E-state index contributed by atoms with van der Waals surface area (Å²) in [5.74, 6) is 0.566. The Morgan fingerprint density at radius 2 is 1.81 bits per heavy atom. The van der Waals surface area contributed by atoms with E-state index in [9.17, 15) is 13.4 Å². The number of alkyl halides is 1. The van der Waals surface area contributed by atoms with Crippen molar-refractivity contribution in [2.24, 2.45) is 0 Å². The van der Waals surface area contributed by atoms with Crippen LogP contribution < -0.4 is 4.74 Å². The molecule has 2 atom stereocenters. The molecule has 1 aliphatic carbocycles. The van der Waals surface area contributed by atoms with Crippen LogP contribution in [0.25, 0.3) is 11.1 Å². The lowest BCUT2D eigenvalue weighted by molar-refractivity contribution is -0.122. The first kappa shape index (κ1) is 21.2. The maximum Gasteiger partial charge on any atom is 0.259 e. The van der Waals surface area contributed by atoms with Crippen molar-refractivity contribution in [3.8, 4) is 5.75 Å². The van der Waals surface area contributed by atoms with Crippen LogP contribution in [-0.2, 0) is 21.6 Å². The number of allylic oxidation sites excluding steroid dienone is 4. The molecule has 5 nitrogen and oxygen atoms in total. The van der Waals surface area contributed by atoms with Gasteiger partial charge in [0.2, 0.25) is 0 Å². The molecule has 160 valence electrons. The van der Waals surface area contributed by atoms with Crippen LogP contribution in [0.15, 0.2) is 72.5 Å². The minimum atomic E-state index is -1.92. The highest BCUT2D eigenvalue weighted by atomic mass is 32.2. The molecule has 1 heterocycles. The average molecular weight is 440 g/mol. The molecule has 1 aliphatic heterocycles. The zero-order valence-electron chi connectivity index (χ0n) is 17.0. The molecule has 0 saturated heterocycles. The molecule has 4 rings (SSSR count). The lowest BCUT2D eigenvalue weighted by Crippen LogP contribution is -2.28. The molecule has 0 spiro atoms. The van der Waals surface area contributed by atoms with Crippen molar-refractivity contribution < 1.29 is 22.7 Å². The van der Waals surface area contributed by atoms with Gasteiger partial charge in [-0.2, -0.15) is 0 Å². The molecule has 2 aromatic carbocycles. The first-order valence-electron chi connectivity index (χ1n) is 9.84. The predicted octanol–water partition coefficient (Wildman–Crippen LogP) is 4.35. The van der Waals surface area contributed by atoms with Crippen LogP contribution >= 0.6 is 0 Å². The highest BCUT2D eigenvalue weighted by Crippen LogP contribution is 2.38. The fourth-order valence-corrected chi connectivity index (χ4v) is 4.34. The van der Waals surface area contributed by atoms with Crippen LogP contribution in [0.1, 0.15) is 23.1 Å². The van der Waals surface area contributed by atoms with Crippen LogP contribution in [0.5, 0.6) is 5.75 Å². The van der Waals surface area contributed by atoms with Gasteiger partial charge < -0.3 is 14.2 Å². The van der Waals surface area contributed by atoms with Crippen LogP contribution in [0, 0.1) is 0 Å². The van der Waals surface area contributed by atoms with Gasteiger partial charge in [0, 0.05) is 12.1 Å². The van der Waals surface area contributed by atoms with Gasteiger partial charge in [-0.15, -0.1) is 0 Å². The van der Waals surface area contributed by atoms with E-state index in [4.69, 9.17) is 9.29 Å². The minimum absolute atomic E-state index is 0.0484. The van der Waals surface area contributed by atoms with Gasteiger partial charge in [-0.1, -0.05) is 48.6 Å². The number of rotatable bonds is 6. The summed E-state index contributed by atoms with van der Waals surface area (Å²) in [7, 11) is 1.58. The Morgan fingerprint density at radius 1 is 1.13 bits per heavy atom. The number of halogens is 1. The van der Waals surface area contributed by atoms with E-state index in [1.54, 1.807) is 48.4 Å². The van der Waals surface area contributed by atoms with Crippen molar-refractivity contribution in [1.82, 2.24) is 4.90 Å². The van der Waals surface area contributed by atoms with Crippen LogP contribution in [0.4, 0.5) is 4.39 Å². The fourth-order valence-electron chi connectivity index (χ4n) is 3.86. The summed E-state index contributed by atoms with van der Waals surface area (Å²) < 4.78 is 39.4. The number of hydrogen-bond acceptors (Lipinski definition) is 3. The number of hydrogen-bond donors (Lipinski definition) is 1. The highest BCUT2D eigenvalue weighted by Gasteiger charge is 2.34. The first-order valence-corrected chi connectivity index (χ1v) is 11.1. The molecule has 2 unspecified atom stereocenters. The fraction of sp³-hybridized carbons (Fsp3) is 0.208. The van der Waals surface area contributed by atoms with Crippen molar-refractivity contribution in [2.75, 3.05) is 13.7 Å². The van der Waals surface area contributed by atoms with Crippen LogP contribution in [0.3, 0.4) is 0 Å². The van der Waals surface area contributed by atoms with Crippen molar-refractivity contribution in [3.63, 3.8) is 0 Å². The molecule has 0 radical (unpaired) electrons. The lowest BCUT2D eigenvalue weighted by atomic mass is 9.96. The quantitative estimate of drug-likeness (QED) is 0.680. The summed E-state index contributed by atoms with van der Waals surface area (Å²) in [5, 5.41) is 0. The average Bonchev–Trinajstić information content (AvgIpc) is 3.11. The molecular formula is C24H22FNO4S. The Hall–Kier alpha value is -3.03. The molecule has 1 amide bonds. The zero-order chi connectivity index (χ0) is 22.0. The Labute approximate surface area is 182 Å². The zero-order valence-corrected chi connectivity index (χ0v) is 17.8. The summed E-state index contributed by atoms with van der Waals surface area (Å²) in [5.41, 5.74) is 4.38. The molecule has 2 aromatic rings. The molecule has 1 N–H and O–H groups in total. The summed E-state index contributed by atoms with van der Waals surface area (Å²) in [6.45, 7) is 0.331. The molecule has 0 fully saturated rings. The van der Waals surface area contributed by atoms with E-state index in [1.807, 2.05) is 24.3 Å². The van der Waals surface area contributed by atoms with Crippen molar-refractivity contribution in [1.29, 1.82) is 0 Å². The van der Waals surface area contributed by atoms with Gasteiger partial charge in [-0.25, -0.2) is 8.60 Å². The molecule has 0 saturated carbocycles. The number of ether oxygens (including phenoxy) is 1. The van der Waals surface area contributed by atoms with E-state index in [2.05, 4.69) is 0 Å². The number of methoxy groups -OCH3 is 1. The predicted molar refractivity (Wildman–Crippen MR) is 119 cm³/mol. The third-order valence-corrected chi connectivity index (χ3v) is 5.99. The second kappa shape index (κ2) is 8.99. The van der Waals surface area contributed by atoms with Gasteiger partial charge in [-0.05, 0) is 40.5 Å². The molecule has 0 aromatic heterocycles. The highest BCUT2D eigenvalue weighted by molar-refractivity contribution is 7.78. The van der Waals surface area contributed by atoms with Gasteiger partial charge in [-0.3, -0.25) is 4.79 Å². The maximum atomic E-state index is 13.9. The number of amides is 1. The molecular weight excluding hydrogens is 417 g/mol.